The fourth-order valence-corrected chi connectivity index (χ4v) is 1.81. The predicted octanol–water partition coefficient (Wildman–Crippen LogP) is -1.25. The smallest absolute Gasteiger partial charge is 0.238 e. The van der Waals surface area contributed by atoms with Gasteiger partial charge in [-0.3, -0.25) is 4.99 Å². The predicted molar refractivity (Wildman–Crippen MR) is 47.9 cm³/mol. The zero-order valence-corrected chi connectivity index (χ0v) is 7.58. The number of nitrogens with two attached hydrogens (primary N) is 1. The number of rotatable bonds is 1. The third-order valence-corrected chi connectivity index (χ3v) is 2.81. The van der Waals surface area contributed by atoms with Crippen molar-refractivity contribution in [3.8, 4) is 0 Å². The maximum atomic E-state index is 11.0. The molecule has 1 aromatic rings. The van der Waals surface area contributed by atoms with E-state index in [1.807, 2.05) is 6.08 Å². The van der Waals surface area contributed by atoms with Crippen LogP contribution in [0.25, 0.3) is 6.08 Å². The van der Waals surface area contributed by atoms with E-state index in [9.17, 15) is 8.42 Å². The van der Waals surface area contributed by atoms with E-state index in [2.05, 4.69) is 4.99 Å². The number of hydrogen-bond donors (Lipinski definition) is 1. The first-order chi connectivity index (χ1) is 6.07. The molecule has 0 saturated carbocycles. The van der Waals surface area contributed by atoms with Crippen LogP contribution in [0.3, 0.4) is 0 Å². The first kappa shape index (κ1) is 8.40. The molecule has 0 fully saturated rings. The number of sulfonamides is 1. The Balaban J connectivity index is 2.76. The molecule has 0 spiro atoms. The van der Waals surface area contributed by atoms with Gasteiger partial charge in [0.1, 0.15) is 0 Å². The van der Waals surface area contributed by atoms with Gasteiger partial charge in [-0.15, -0.1) is 0 Å². The van der Waals surface area contributed by atoms with Crippen LogP contribution in [0.5, 0.6) is 0 Å². The lowest BCUT2D eigenvalue weighted by Gasteiger charge is -1.95. The van der Waals surface area contributed by atoms with Crippen LogP contribution < -0.4 is 15.7 Å². The summed E-state index contributed by atoms with van der Waals surface area (Å²) in [5.74, 6) is 0. The summed E-state index contributed by atoms with van der Waals surface area (Å²) in [4.78, 5) is 4.27. The van der Waals surface area contributed by atoms with Crippen molar-refractivity contribution in [3.63, 3.8) is 0 Å². The highest BCUT2D eigenvalue weighted by molar-refractivity contribution is 7.89. The van der Waals surface area contributed by atoms with Gasteiger partial charge in [0.05, 0.1) is 16.8 Å². The molecule has 1 heterocycles. The van der Waals surface area contributed by atoms with Gasteiger partial charge in [0.25, 0.3) is 0 Å². The highest BCUT2D eigenvalue weighted by Gasteiger charge is 2.07. The zero-order chi connectivity index (χ0) is 9.47. The van der Waals surface area contributed by atoms with Crippen LogP contribution in [0, 0.1) is 0 Å². The lowest BCUT2D eigenvalue weighted by molar-refractivity contribution is 0.597. The van der Waals surface area contributed by atoms with Crippen molar-refractivity contribution in [1.29, 1.82) is 0 Å². The molecule has 13 heavy (non-hydrogen) atoms. The molecular weight excluding hydrogens is 188 g/mol. The third-order valence-electron chi connectivity index (χ3n) is 1.90. The van der Waals surface area contributed by atoms with Crippen LogP contribution in [-0.2, 0) is 10.0 Å². The Kier molecular flexibility index (Phi) is 1.71. The SMILES string of the molecule is NS(=O)(=O)c1ccc2c(c1)=CCN=2. The summed E-state index contributed by atoms with van der Waals surface area (Å²) in [6.45, 7) is 0.614. The minimum Gasteiger partial charge on any atom is -0.281 e. The number of benzene rings is 1. The van der Waals surface area contributed by atoms with Gasteiger partial charge in [-0.2, -0.15) is 0 Å². The lowest BCUT2D eigenvalue weighted by Crippen LogP contribution is -2.24. The number of hydrogen-bond acceptors (Lipinski definition) is 3. The van der Waals surface area contributed by atoms with Crippen LogP contribution in [0.15, 0.2) is 28.1 Å². The Morgan fingerprint density at radius 2 is 2.15 bits per heavy atom. The molecule has 1 aliphatic rings. The topological polar surface area (TPSA) is 72.5 Å². The maximum absolute atomic E-state index is 11.0. The molecule has 0 saturated heterocycles. The molecule has 0 radical (unpaired) electrons. The average molecular weight is 196 g/mol. The number of fused-ring (bicyclic) bond motifs is 1. The van der Waals surface area contributed by atoms with E-state index >= 15 is 0 Å². The van der Waals surface area contributed by atoms with Gasteiger partial charge in [-0.05, 0) is 23.4 Å². The maximum Gasteiger partial charge on any atom is 0.238 e. The Morgan fingerprint density at radius 3 is 2.85 bits per heavy atom. The molecule has 0 amide bonds. The Hall–Kier alpha value is -1.20. The third kappa shape index (κ3) is 1.48. The summed E-state index contributed by atoms with van der Waals surface area (Å²) in [6.07, 6.45) is 1.87. The minimum absolute atomic E-state index is 0.139. The molecule has 0 unspecified atom stereocenters. The van der Waals surface area contributed by atoms with E-state index in [4.69, 9.17) is 5.14 Å². The molecule has 1 aromatic carbocycles. The van der Waals surface area contributed by atoms with Crippen LogP contribution in [0.1, 0.15) is 0 Å². The van der Waals surface area contributed by atoms with E-state index in [1.165, 1.54) is 6.07 Å². The lowest BCUT2D eigenvalue weighted by atomic mass is 10.3. The molecular formula is C8H8N2O2S. The molecule has 2 N–H and O–H groups in total. The summed E-state index contributed by atoms with van der Waals surface area (Å²) in [7, 11) is -3.59. The molecule has 0 aromatic heterocycles. The normalized spacial score (nSPS) is 14.5. The van der Waals surface area contributed by atoms with Crippen molar-refractivity contribution in [2.45, 2.75) is 4.90 Å². The first-order valence-corrected chi connectivity index (χ1v) is 5.29. The van der Waals surface area contributed by atoms with Gasteiger partial charge in [-0.25, -0.2) is 13.6 Å². The van der Waals surface area contributed by atoms with Gasteiger partial charge in [0.15, 0.2) is 0 Å². The van der Waals surface area contributed by atoms with E-state index in [-0.39, 0.29) is 4.90 Å². The summed E-state index contributed by atoms with van der Waals surface area (Å²) in [6, 6.07) is 4.68. The second-order valence-electron chi connectivity index (χ2n) is 2.81. The second-order valence-corrected chi connectivity index (χ2v) is 4.37. The minimum atomic E-state index is -3.59. The average Bonchev–Trinajstić information content (AvgIpc) is 2.47. The Bertz CT molecular complexity index is 560. The van der Waals surface area contributed by atoms with Crippen molar-refractivity contribution in [2.75, 3.05) is 6.54 Å². The highest BCUT2D eigenvalue weighted by atomic mass is 32.2. The van der Waals surface area contributed by atoms with Crippen LogP contribution in [-0.4, -0.2) is 15.0 Å². The van der Waals surface area contributed by atoms with Crippen molar-refractivity contribution >= 4 is 16.1 Å². The van der Waals surface area contributed by atoms with Gasteiger partial charge in [0.2, 0.25) is 10.0 Å². The molecule has 2 rings (SSSR count). The van der Waals surface area contributed by atoms with Gasteiger partial charge < -0.3 is 0 Å². The summed E-state index contributed by atoms with van der Waals surface area (Å²) >= 11 is 0. The van der Waals surface area contributed by atoms with Crippen LogP contribution >= 0.6 is 0 Å². The van der Waals surface area contributed by atoms with Gasteiger partial charge in [-0.1, -0.05) is 6.08 Å². The van der Waals surface area contributed by atoms with Crippen LogP contribution in [0.4, 0.5) is 0 Å². The quantitative estimate of drug-likeness (QED) is 0.609. The number of nitrogens with zero attached hydrogens (tertiary/aromatic N) is 1. The van der Waals surface area contributed by atoms with E-state index in [1.54, 1.807) is 12.1 Å². The highest BCUT2D eigenvalue weighted by Crippen LogP contribution is 1.99. The Labute approximate surface area is 75.5 Å². The van der Waals surface area contributed by atoms with Gasteiger partial charge in [0, 0.05) is 0 Å². The van der Waals surface area contributed by atoms with Crippen molar-refractivity contribution in [3.05, 3.63) is 28.8 Å². The molecule has 0 bridgehead atoms. The summed E-state index contributed by atoms with van der Waals surface area (Å²) in [5, 5.41) is 6.64. The monoisotopic (exact) mass is 196 g/mol. The standard InChI is InChI=1S/C8H8N2O2S/c9-13(11,12)7-1-2-8-6(5-7)3-4-10-8/h1-3,5H,4H2,(H2,9,11,12). The van der Waals surface area contributed by atoms with E-state index in [0.717, 1.165) is 10.6 Å². The van der Waals surface area contributed by atoms with E-state index in [0.29, 0.717) is 6.54 Å². The fraction of sp³-hybridized carbons (Fsp3) is 0.125. The number of primary sulfonamides is 1. The molecule has 0 atom stereocenters. The molecule has 0 aliphatic carbocycles. The largest absolute Gasteiger partial charge is 0.281 e. The molecule has 1 aliphatic heterocycles. The molecule has 4 nitrogen and oxygen atoms in total. The van der Waals surface area contributed by atoms with Crippen molar-refractivity contribution < 1.29 is 8.42 Å². The summed E-state index contributed by atoms with van der Waals surface area (Å²) in [5.41, 5.74) is 0. The Morgan fingerprint density at radius 1 is 1.38 bits per heavy atom. The second kappa shape index (κ2) is 2.65. The van der Waals surface area contributed by atoms with Crippen molar-refractivity contribution in [1.82, 2.24) is 0 Å². The fourth-order valence-electron chi connectivity index (χ4n) is 1.26. The van der Waals surface area contributed by atoms with Crippen molar-refractivity contribution in [2.24, 2.45) is 10.1 Å². The van der Waals surface area contributed by atoms with Gasteiger partial charge >= 0.3 is 0 Å². The van der Waals surface area contributed by atoms with E-state index < -0.39 is 10.0 Å². The molecule has 5 heteroatoms. The van der Waals surface area contributed by atoms with Crippen LogP contribution in [0.2, 0.25) is 0 Å². The molecule has 68 valence electrons. The summed E-state index contributed by atoms with van der Waals surface area (Å²) < 4.78 is 21.9. The first-order valence-electron chi connectivity index (χ1n) is 3.75. The zero-order valence-electron chi connectivity index (χ0n) is 6.77.